The third-order valence-electron chi connectivity index (χ3n) is 3.37. The molecule has 112 valence electrons. The first kappa shape index (κ1) is 18.7. The Kier molecular flexibility index (Phi) is 6.83. The minimum atomic E-state index is -0.822. The molecule has 0 unspecified atom stereocenters. The third-order valence-corrected chi connectivity index (χ3v) is 7.86. The summed E-state index contributed by atoms with van der Waals surface area (Å²) in [7, 11) is -1.64. The molecular weight excluding hydrogens is 264 g/mol. The van der Waals surface area contributed by atoms with E-state index in [0.717, 1.165) is 0 Å². The maximum absolute atomic E-state index is 5.88. The van der Waals surface area contributed by atoms with Gasteiger partial charge >= 0.3 is 0 Å². The van der Waals surface area contributed by atoms with Crippen molar-refractivity contribution in [2.24, 2.45) is 10.8 Å². The van der Waals surface area contributed by atoms with Gasteiger partial charge in [0.1, 0.15) is 0 Å². The van der Waals surface area contributed by atoms with Crippen LogP contribution in [0.3, 0.4) is 0 Å². The predicted molar refractivity (Wildman–Crippen MR) is 93.9 cm³/mol. The topological polar surface area (TPSA) is 9.23 Å². The molecule has 0 aromatic carbocycles. The monoisotopic (exact) mass is 298 g/mol. The van der Waals surface area contributed by atoms with Crippen LogP contribution in [-0.2, 0) is 4.74 Å². The Balaban J connectivity index is 5.14. The largest absolute Gasteiger partial charge is 0.474 e. The van der Waals surface area contributed by atoms with Crippen LogP contribution in [0, 0.1) is 10.8 Å². The van der Waals surface area contributed by atoms with Crippen molar-refractivity contribution in [3.8, 4) is 0 Å². The number of rotatable bonds is 4. The van der Waals surface area contributed by atoms with Gasteiger partial charge in [0.25, 0.3) is 0 Å². The normalized spacial score (nSPS) is 15.4. The lowest BCUT2D eigenvalue weighted by Crippen LogP contribution is -2.22. The summed E-state index contributed by atoms with van der Waals surface area (Å²) in [6, 6.07) is 0. The van der Waals surface area contributed by atoms with E-state index in [4.69, 9.17) is 4.74 Å². The van der Waals surface area contributed by atoms with Gasteiger partial charge in [0.15, 0.2) is 0 Å². The summed E-state index contributed by atoms with van der Waals surface area (Å²) >= 11 is 0. The van der Waals surface area contributed by atoms with Crippen LogP contribution < -0.4 is 0 Å². The van der Waals surface area contributed by atoms with E-state index in [1.807, 2.05) is 12.5 Å². The highest BCUT2D eigenvalue weighted by atomic mass is 28.3. The summed E-state index contributed by atoms with van der Waals surface area (Å²) in [6.45, 7) is 23.1. The van der Waals surface area contributed by atoms with Crippen LogP contribution >= 0.6 is 0 Å². The van der Waals surface area contributed by atoms with Crippen LogP contribution in [0.5, 0.6) is 0 Å². The van der Waals surface area contributed by atoms with Gasteiger partial charge in [-0.3, -0.25) is 0 Å². The zero-order chi connectivity index (χ0) is 15.4. The highest BCUT2D eigenvalue weighted by Crippen LogP contribution is 2.29. The standard InChI is InChI=1S/C16H34OSi2/c1-15(2,3)13(18(7)8)11-17-12-14(19(9)10)16(4,5)6/h11-12,18-19H,1-10H3. The van der Waals surface area contributed by atoms with Gasteiger partial charge in [-0.2, -0.15) is 0 Å². The van der Waals surface area contributed by atoms with Crippen molar-refractivity contribution in [1.29, 1.82) is 0 Å². The van der Waals surface area contributed by atoms with E-state index < -0.39 is 17.6 Å². The fraction of sp³-hybridized carbons (Fsp3) is 0.750. The molecule has 0 bridgehead atoms. The van der Waals surface area contributed by atoms with E-state index >= 15 is 0 Å². The minimum Gasteiger partial charge on any atom is -0.474 e. The summed E-state index contributed by atoms with van der Waals surface area (Å²) < 4.78 is 5.88. The van der Waals surface area contributed by atoms with E-state index in [1.54, 1.807) is 0 Å². The van der Waals surface area contributed by atoms with Gasteiger partial charge in [0.2, 0.25) is 0 Å². The first-order chi connectivity index (χ1) is 8.37. The zero-order valence-electron chi connectivity index (χ0n) is 14.7. The second kappa shape index (κ2) is 6.93. The summed E-state index contributed by atoms with van der Waals surface area (Å²) in [6.07, 6.45) is 4.05. The Hall–Kier alpha value is -0.286. The van der Waals surface area contributed by atoms with Crippen molar-refractivity contribution >= 4 is 17.6 Å². The predicted octanol–water partition coefficient (Wildman–Crippen LogP) is 4.91. The second-order valence-electron chi connectivity index (χ2n) is 8.09. The van der Waals surface area contributed by atoms with E-state index in [1.165, 1.54) is 10.4 Å². The van der Waals surface area contributed by atoms with E-state index in [9.17, 15) is 0 Å². The van der Waals surface area contributed by atoms with Crippen LogP contribution in [0.1, 0.15) is 41.5 Å². The van der Waals surface area contributed by atoms with Gasteiger partial charge in [0, 0.05) is 0 Å². The number of hydrogen-bond acceptors (Lipinski definition) is 1. The Morgan fingerprint density at radius 2 is 0.947 bits per heavy atom. The van der Waals surface area contributed by atoms with Crippen LogP contribution in [0.25, 0.3) is 0 Å². The number of ether oxygens (including phenoxy) is 1. The van der Waals surface area contributed by atoms with Crippen LogP contribution in [0.2, 0.25) is 26.2 Å². The molecule has 0 N–H and O–H groups in total. The molecule has 1 nitrogen and oxygen atoms in total. The maximum Gasteiger partial charge on any atom is 0.0856 e. The molecule has 0 aliphatic rings. The summed E-state index contributed by atoms with van der Waals surface area (Å²) in [5, 5.41) is 3.00. The van der Waals surface area contributed by atoms with Crippen molar-refractivity contribution in [1.82, 2.24) is 0 Å². The average Bonchev–Trinajstić information content (AvgIpc) is 2.11. The summed E-state index contributed by atoms with van der Waals surface area (Å²) in [5.74, 6) is 0. The van der Waals surface area contributed by atoms with Crippen LogP contribution in [0.15, 0.2) is 22.9 Å². The Labute approximate surface area is 124 Å². The quantitative estimate of drug-likeness (QED) is 0.529. The lowest BCUT2D eigenvalue weighted by atomic mass is 9.96. The zero-order valence-corrected chi connectivity index (χ0v) is 17.0. The van der Waals surface area contributed by atoms with Gasteiger partial charge in [-0.25, -0.2) is 0 Å². The molecule has 0 aromatic rings. The summed E-state index contributed by atoms with van der Waals surface area (Å²) in [4.78, 5) is 0. The molecule has 0 aliphatic heterocycles. The Morgan fingerprint density at radius 3 is 1.11 bits per heavy atom. The lowest BCUT2D eigenvalue weighted by molar-refractivity contribution is 0.369. The first-order valence-electron chi connectivity index (χ1n) is 7.44. The number of allylic oxidation sites excluding steroid dienone is 2. The van der Waals surface area contributed by atoms with Crippen LogP contribution in [0.4, 0.5) is 0 Å². The molecule has 19 heavy (non-hydrogen) atoms. The minimum absolute atomic E-state index is 0.228. The smallest absolute Gasteiger partial charge is 0.0856 e. The first-order valence-corrected chi connectivity index (χ1v) is 13.2. The molecule has 0 saturated carbocycles. The van der Waals surface area contributed by atoms with Crippen molar-refractivity contribution in [3.05, 3.63) is 22.9 Å². The van der Waals surface area contributed by atoms with Crippen molar-refractivity contribution < 1.29 is 4.74 Å². The lowest BCUT2D eigenvalue weighted by Gasteiger charge is -2.27. The fourth-order valence-electron chi connectivity index (χ4n) is 2.54. The van der Waals surface area contributed by atoms with Crippen LogP contribution in [-0.4, -0.2) is 17.6 Å². The highest BCUT2D eigenvalue weighted by molar-refractivity contribution is 6.64. The van der Waals surface area contributed by atoms with E-state index in [2.05, 4.69) is 67.7 Å². The van der Waals surface area contributed by atoms with Gasteiger partial charge < -0.3 is 4.74 Å². The Morgan fingerprint density at radius 1 is 0.684 bits per heavy atom. The van der Waals surface area contributed by atoms with E-state index in [-0.39, 0.29) is 10.8 Å². The number of hydrogen-bond donors (Lipinski definition) is 0. The van der Waals surface area contributed by atoms with Crippen molar-refractivity contribution in [2.45, 2.75) is 67.7 Å². The molecule has 0 spiro atoms. The van der Waals surface area contributed by atoms with Gasteiger partial charge in [-0.05, 0) is 21.2 Å². The maximum atomic E-state index is 5.88. The second-order valence-corrected chi connectivity index (χ2v) is 14.0. The third kappa shape index (κ3) is 6.62. The molecule has 0 amide bonds. The van der Waals surface area contributed by atoms with Gasteiger partial charge in [-0.15, -0.1) is 0 Å². The molecule has 0 atom stereocenters. The molecule has 3 heteroatoms. The SMILES string of the molecule is C[SiH](C)C(=COC=C([SiH](C)C)C(C)(C)C)C(C)(C)C. The van der Waals surface area contributed by atoms with Gasteiger partial charge in [-0.1, -0.05) is 67.7 Å². The highest BCUT2D eigenvalue weighted by Gasteiger charge is 2.22. The molecular formula is C16H34OSi2. The molecule has 0 aliphatic carbocycles. The average molecular weight is 299 g/mol. The van der Waals surface area contributed by atoms with Crippen molar-refractivity contribution in [2.75, 3.05) is 0 Å². The fourth-order valence-corrected chi connectivity index (χ4v) is 6.70. The molecule has 0 heterocycles. The van der Waals surface area contributed by atoms with E-state index in [0.29, 0.717) is 0 Å². The molecule has 0 rings (SSSR count). The Bertz CT molecular complexity index is 305. The molecule has 0 aromatic heterocycles. The molecule has 0 fully saturated rings. The van der Waals surface area contributed by atoms with Crippen molar-refractivity contribution in [3.63, 3.8) is 0 Å². The molecule has 0 saturated heterocycles. The summed E-state index contributed by atoms with van der Waals surface area (Å²) in [5.41, 5.74) is 0.455. The van der Waals surface area contributed by atoms with Gasteiger partial charge in [0.05, 0.1) is 30.1 Å². The molecule has 0 radical (unpaired) electrons.